The number of aliphatic hydroxyl groups is 1. The number of aliphatic hydroxyl groups excluding tert-OH is 1. The van der Waals surface area contributed by atoms with Crippen LogP contribution < -0.4 is 5.32 Å². The number of hydrogen-bond donors (Lipinski definition) is 2. The molecular formula is C16H25NO2. The first-order chi connectivity index (χ1) is 9.25. The molecule has 0 amide bonds. The first-order valence-electron chi connectivity index (χ1n) is 7.29. The van der Waals surface area contributed by atoms with Crippen molar-refractivity contribution in [3.05, 3.63) is 35.9 Å². The molecule has 1 fully saturated rings. The molecule has 19 heavy (non-hydrogen) atoms. The van der Waals surface area contributed by atoms with Crippen molar-refractivity contribution in [2.45, 2.75) is 44.9 Å². The van der Waals surface area contributed by atoms with E-state index in [0.717, 1.165) is 11.5 Å². The lowest BCUT2D eigenvalue weighted by atomic mass is 10.1. The van der Waals surface area contributed by atoms with Crippen molar-refractivity contribution >= 4 is 0 Å². The molecule has 106 valence electrons. The molecule has 3 atom stereocenters. The summed E-state index contributed by atoms with van der Waals surface area (Å²) < 4.78 is 5.53. The standard InChI is InChI=1S/C16H25NO2/c1-13-6-5-9-16(13)17-10-15(18)12-19-11-14-7-3-2-4-8-14/h2-4,7-8,13,15-18H,5-6,9-12H2,1H3. The van der Waals surface area contributed by atoms with Gasteiger partial charge in [0.1, 0.15) is 0 Å². The van der Waals surface area contributed by atoms with Crippen LogP contribution in [0.15, 0.2) is 30.3 Å². The molecule has 1 saturated carbocycles. The lowest BCUT2D eigenvalue weighted by Crippen LogP contribution is -2.38. The van der Waals surface area contributed by atoms with Crippen molar-refractivity contribution < 1.29 is 9.84 Å². The minimum atomic E-state index is -0.420. The van der Waals surface area contributed by atoms with Crippen LogP contribution in [0.1, 0.15) is 31.7 Å². The van der Waals surface area contributed by atoms with E-state index in [4.69, 9.17) is 4.74 Å². The first-order valence-corrected chi connectivity index (χ1v) is 7.29. The molecule has 0 bridgehead atoms. The molecule has 0 saturated heterocycles. The van der Waals surface area contributed by atoms with Gasteiger partial charge in [-0.3, -0.25) is 0 Å². The molecular weight excluding hydrogens is 238 g/mol. The van der Waals surface area contributed by atoms with Gasteiger partial charge in [0, 0.05) is 12.6 Å². The smallest absolute Gasteiger partial charge is 0.0897 e. The van der Waals surface area contributed by atoms with Crippen molar-refractivity contribution in [3.63, 3.8) is 0 Å². The zero-order valence-electron chi connectivity index (χ0n) is 11.7. The van der Waals surface area contributed by atoms with Gasteiger partial charge in [-0.15, -0.1) is 0 Å². The molecule has 1 aliphatic rings. The summed E-state index contributed by atoms with van der Waals surface area (Å²) in [6, 6.07) is 10.6. The normalized spacial score (nSPS) is 24.5. The fourth-order valence-electron chi connectivity index (χ4n) is 2.68. The van der Waals surface area contributed by atoms with Gasteiger partial charge in [-0.25, -0.2) is 0 Å². The van der Waals surface area contributed by atoms with Gasteiger partial charge in [0.15, 0.2) is 0 Å². The molecule has 0 aliphatic heterocycles. The van der Waals surface area contributed by atoms with Crippen molar-refractivity contribution in [1.82, 2.24) is 5.32 Å². The number of nitrogens with one attached hydrogen (secondary N) is 1. The van der Waals surface area contributed by atoms with Crippen molar-refractivity contribution in [3.8, 4) is 0 Å². The quantitative estimate of drug-likeness (QED) is 0.793. The summed E-state index contributed by atoms with van der Waals surface area (Å²) in [6.45, 7) is 3.87. The Kier molecular flexibility index (Phi) is 5.83. The minimum Gasteiger partial charge on any atom is -0.389 e. The summed E-state index contributed by atoms with van der Waals surface area (Å²) in [6.07, 6.45) is 3.42. The Balaban J connectivity index is 1.58. The topological polar surface area (TPSA) is 41.5 Å². The minimum absolute atomic E-state index is 0.392. The van der Waals surface area contributed by atoms with Gasteiger partial charge in [-0.2, -0.15) is 0 Å². The Morgan fingerprint density at radius 2 is 2.11 bits per heavy atom. The molecule has 0 spiro atoms. The summed E-state index contributed by atoms with van der Waals surface area (Å²) in [5.41, 5.74) is 1.15. The van der Waals surface area contributed by atoms with Gasteiger partial charge in [0.2, 0.25) is 0 Å². The zero-order chi connectivity index (χ0) is 13.5. The lowest BCUT2D eigenvalue weighted by molar-refractivity contribution is 0.0271. The van der Waals surface area contributed by atoms with Crippen molar-refractivity contribution in [2.24, 2.45) is 5.92 Å². The summed E-state index contributed by atoms with van der Waals surface area (Å²) in [5.74, 6) is 0.734. The second kappa shape index (κ2) is 7.63. The van der Waals surface area contributed by atoms with Crippen LogP contribution in [0.2, 0.25) is 0 Å². The highest BCUT2D eigenvalue weighted by Crippen LogP contribution is 2.24. The van der Waals surface area contributed by atoms with Crippen LogP contribution in [-0.4, -0.2) is 30.4 Å². The van der Waals surface area contributed by atoms with Crippen LogP contribution in [0.4, 0.5) is 0 Å². The van der Waals surface area contributed by atoms with Gasteiger partial charge in [0.05, 0.1) is 19.3 Å². The maximum Gasteiger partial charge on any atom is 0.0897 e. The van der Waals surface area contributed by atoms with E-state index in [0.29, 0.717) is 25.8 Å². The largest absolute Gasteiger partial charge is 0.389 e. The van der Waals surface area contributed by atoms with Crippen LogP contribution in [0.25, 0.3) is 0 Å². The van der Waals surface area contributed by atoms with E-state index in [2.05, 4.69) is 12.2 Å². The monoisotopic (exact) mass is 263 g/mol. The van der Waals surface area contributed by atoms with Gasteiger partial charge < -0.3 is 15.2 Å². The van der Waals surface area contributed by atoms with E-state index in [-0.39, 0.29) is 0 Å². The van der Waals surface area contributed by atoms with Crippen LogP contribution in [0.5, 0.6) is 0 Å². The summed E-state index contributed by atoms with van der Waals surface area (Å²) >= 11 is 0. The summed E-state index contributed by atoms with van der Waals surface area (Å²) in [7, 11) is 0. The highest BCUT2D eigenvalue weighted by Gasteiger charge is 2.23. The van der Waals surface area contributed by atoms with Gasteiger partial charge in [-0.1, -0.05) is 43.7 Å². The van der Waals surface area contributed by atoms with Gasteiger partial charge in [0.25, 0.3) is 0 Å². The number of hydrogen-bond acceptors (Lipinski definition) is 3. The van der Waals surface area contributed by atoms with E-state index in [1.165, 1.54) is 19.3 Å². The van der Waals surface area contributed by atoms with E-state index >= 15 is 0 Å². The molecule has 2 rings (SSSR count). The summed E-state index contributed by atoms with van der Waals surface area (Å²) in [4.78, 5) is 0. The molecule has 0 radical (unpaired) electrons. The maximum atomic E-state index is 9.89. The van der Waals surface area contributed by atoms with E-state index in [1.807, 2.05) is 30.3 Å². The maximum absolute atomic E-state index is 9.89. The third kappa shape index (κ3) is 4.94. The van der Waals surface area contributed by atoms with Crippen LogP contribution in [0.3, 0.4) is 0 Å². The highest BCUT2D eigenvalue weighted by atomic mass is 16.5. The highest BCUT2D eigenvalue weighted by molar-refractivity contribution is 5.13. The second-order valence-corrected chi connectivity index (χ2v) is 5.58. The Morgan fingerprint density at radius 1 is 1.32 bits per heavy atom. The van der Waals surface area contributed by atoms with Crippen molar-refractivity contribution in [2.75, 3.05) is 13.2 Å². The Morgan fingerprint density at radius 3 is 2.79 bits per heavy atom. The van der Waals surface area contributed by atoms with Crippen LogP contribution in [0, 0.1) is 5.92 Å². The fraction of sp³-hybridized carbons (Fsp3) is 0.625. The SMILES string of the molecule is CC1CCCC1NCC(O)COCc1ccccc1. The Bertz CT molecular complexity index is 355. The molecule has 1 aromatic carbocycles. The van der Waals surface area contributed by atoms with Crippen LogP contribution in [-0.2, 0) is 11.3 Å². The molecule has 0 heterocycles. The molecule has 2 N–H and O–H groups in total. The number of benzene rings is 1. The average Bonchev–Trinajstić information content (AvgIpc) is 2.83. The number of ether oxygens (including phenoxy) is 1. The Hall–Kier alpha value is -0.900. The zero-order valence-corrected chi connectivity index (χ0v) is 11.7. The molecule has 3 unspecified atom stereocenters. The van der Waals surface area contributed by atoms with Gasteiger partial charge in [-0.05, 0) is 24.3 Å². The molecule has 3 heteroatoms. The lowest BCUT2D eigenvalue weighted by Gasteiger charge is -2.19. The van der Waals surface area contributed by atoms with E-state index in [9.17, 15) is 5.11 Å². The third-order valence-electron chi connectivity index (χ3n) is 3.90. The van der Waals surface area contributed by atoms with Gasteiger partial charge >= 0.3 is 0 Å². The Labute approximate surface area is 116 Å². The molecule has 3 nitrogen and oxygen atoms in total. The average molecular weight is 263 g/mol. The van der Waals surface area contributed by atoms with E-state index < -0.39 is 6.10 Å². The van der Waals surface area contributed by atoms with Crippen LogP contribution >= 0.6 is 0 Å². The second-order valence-electron chi connectivity index (χ2n) is 5.58. The predicted octanol–water partition coefficient (Wildman–Crippen LogP) is 2.34. The third-order valence-corrected chi connectivity index (χ3v) is 3.90. The fourth-order valence-corrected chi connectivity index (χ4v) is 2.68. The van der Waals surface area contributed by atoms with Crippen molar-refractivity contribution in [1.29, 1.82) is 0 Å². The summed E-state index contributed by atoms with van der Waals surface area (Å²) in [5, 5.41) is 13.3. The first kappa shape index (κ1) is 14.5. The number of rotatable bonds is 7. The molecule has 1 aliphatic carbocycles. The predicted molar refractivity (Wildman–Crippen MR) is 76.9 cm³/mol. The molecule has 1 aromatic rings. The van der Waals surface area contributed by atoms with E-state index in [1.54, 1.807) is 0 Å². The molecule has 0 aromatic heterocycles.